The Morgan fingerprint density at radius 2 is 2.00 bits per heavy atom. The van der Waals surface area contributed by atoms with Crippen LogP contribution in [0.4, 0.5) is 0 Å². The van der Waals surface area contributed by atoms with E-state index < -0.39 is 0 Å². The molecule has 0 aromatic rings. The number of hydrogen-bond donors (Lipinski definition) is 2. The summed E-state index contributed by atoms with van der Waals surface area (Å²) < 4.78 is 0. The van der Waals surface area contributed by atoms with E-state index in [1.807, 2.05) is 6.92 Å². The van der Waals surface area contributed by atoms with Gasteiger partial charge in [0.2, 0.25) is 5.91 Å². The number of guanidine groups is 1. The van der Waals surface area contributed by atoms with Gasteiger partial charge in [-0.1, -0.05) is 19.1 Å². The fourth-order valence-electron chi connectivity index (χ4n) is 2.46. The highest BCUT2D eigenvalue weighted by molar-refractivity contribution is 14.0. The van der Waals surface area contributed by atoms with Gasteiger partial charge < -0.3 is 15.5 Å². The zero-order valence-electron chi connectivity index (χ0n) is 15.9. The van der Waals surface area contributed by atoms with Crippen LogP contribution in [-0.4, -0.2) is 74.0 Å². The number of nitrogens with zero attached hydrogens (tertiary/aromatic N) is 3. The third kappa shape index (κ3) is 7.83. The Bertz CT molecular complexity index is 450. The molecular weight excluding hydrogens is 417 g/mol. The van der Waals surface area contributed by atoms with Crippen LogP contribution in [0.1, 0.15) is 27.7 Å². The molecular formula is C17H34IN5O. The van der Waals surface area contributed by atoms with E-state index >= 15 is 0 Å². The molecule has 24 heavy (non-hydrogen) atoms. The topological polar surface area (TPSA) is 60.0 Å². The maximum Gasteiger partial charge on any atom is 0.243 e. The molecule has 0 aromatic carbocycles. The number of likely N-dealkylation sites (N-methyl/N-ethyl adjacent to an activating group) is 1. The summed E-state index contributed by atoms with van der Waals surface area (Å²) in [6.07, 6.45) is 0. The van der Waals surface area contributed by atoms with Gasteiger partial charge in [0.05, 0.1) is 0 Å². The Morgan fingerprint density at radius 1 is 1.38 bits per heavy atom. The van der Waals surface area contributed by atoms with Crippen LogP contribution in [0.3, 0.4) is 0 Å². The van der Waals surface area contributed by atoms with E-state index in [1.165, 1.54) is 0 Å². The van der Waals surface area contributed by atoms with Crippen molar-refractivity contribution in [2.24, 2.45) is 10.9 Å². The first-order valence-corrected chi connectivity index (χ1v) is 8.34. The Morgan fingerprint density at radius 3 is 2.46 bits per heavy atom. The predicted octanol–water partition coefficient (Wildman–Crippen LogP) is 1.53. The summed E-state index contributed by atoms with van der Waals surface area (Å²) in [6.45, 7) is 15.4. The third-order valence-electron chi connectivity index (χ3n) is 4.12. The fourth-order valence-corrected chi connectivity index (χ4v) is 2.46. The second-order valence-corrected chi connectivity index (χ2v) is 7.04. The maximum atomic E-state index is 11.8. The zero-order valence-corrected chi connectivity index (χ0v) is 18.3. The first-order chi connectivity index (χ1) is 10.7. The quantitative estimate of drug-likeness (QED) is 0.279. The number of halogens is 1. The molecule has 0 saturated carbocycles. The summed E-state index contributed by atoms with van der Waals surface area (Å²) in [5, 5.41) is 6.74. The third-order valence-corrected chi connectivity index (χ3v) is 4.12. The number of nitrogens with one attached hydrogen (secondary N) is 2. The van der Waals surface area contributed by atoms with Gasteiger partial charge in [-0.3, -0.25) is 9.69 Å². The van der Waals surface area contributed by atoms with Crippen molar-refractivity contribution in [2.45, 2.75) is 39.8 Å². The van der Waals surface area contributed by atoms with Crippen molar-refractivity contribution in [3.05, 3.63) is 12.2 Å². The molecule has 1 saturated heterocycles. The monoisotopic (exact) mass is 451 g/mol. The number of likely N-dealkylation sites (tertiary alicyclic amines) is 1. The molecule has 0 bridgehead atoms. The Balaban J connectivity index is 0.00000529. The van der Waals surface area contributed by atoms with Crippen LogP contribution < -0.4 is 10.6 Å². The minimum absolute atomic E-state index is 0. The summed E-state index contributed by atoms with van der Waals surface area (Å²) in [5.74, 6) is 1.22. The van der Waals surface area contributed by atoms with Crippen molar-refractivity contribution in [1.82, 2.24) is 20.4 Å². The summed E-state index contributed by atoms with van der Waals surface area (Å²) in [7, 11) is 3.48. The molecule has 1 rings (SSSR count). The molecule has 1 amide bonds. The van der Waals surface area contributed by atoms with Gasteiger partial charge in [0.25, 0.3) is 0 Å². The van der Waals surface area contributed by atoms with Gasteiger partial charge in [0.15, 0.2) is 5.96 Å². The van der Waals surface area contributed by atoms with Gasteiger partial charge in [0.1, 0.15) is 6.54 Å². The van der Waals surface area contributed by atoms with Gasteiger partial charge in [0, 0.05) is 45.8 Å². The average Bonchev–Trinajstić information content (AvgIpc) is 2.82. The van der Waals surface area contributed by atoms with Crippen LogP contribution in [0.2, 0.25) is 0 Å². The maximum absolute atomic E-state index is 11.8. The molecule has 1 heterocycles. The standard InChI is InChI=1S/C17H33N5O.HI/c1-12(2)8-18-17(19-9-16(23)21(6)7)20-15-11-22(13(3)4)10-14(15)5;/h13-15H,1,8-11H2,2-7H3,(H2,18,19,20);1H. The molecule has 2 N–H and O–H groups in total. The first kappa shape index (κ1) is 23.2. The lowest BCUT2D eigenvalue weighted by Gasteiger charge is -2.22. The van der Waals surface area contributed by atoms with E-state index in [4.69, 9.17) is 0 Å². The molecule has 1 aliphatic heterocycles. The van der Waals surface area contributed by atoms with Crippen LogP contribution in [-0.2, 0) is 4.79 Å². The zero-order chi connectivity index (χ0) is 17.6. The van der Waals surface area contributed by atoms with Gasteiger partial charge in [-0.15, -0.1) is 24.0 Å². The highest BCUT2D eigenvalue weighted by atomic mass is 127. The highest BCUT2D eigenvalue weighted by Crippen LogP contribution is 2.18. The summed E-state index contributed by atoms with van der Waals surface area (Å²) >= 11 is 0. The van der Waals surface area contributed by atoms with Crippen molar-refractivity contribution >= 4 is 35.8 Å². The predicted molar refractivity (Wildman–Crippen MR) is 112 cm³/mol. The number of carbonyl (C=O) groups excluding carboxylic acids is 1. The normalized spacial score (nSPS) is 21.4. The van der Waals surface area contributed by atoms with Crippen molar-refractivity contribution < 1.29 is 4.79 Å². The molecule has 1 aliphatic rings. The number of aliphatic imine (C=N–C) groups is 1. The van der Waals surface area contributed by atoms with Crippen LogP contribution in [0, 0.1) is 5.92 Å². The SMILES string of the molecule is C=C(C)CNC(=NCC(=O)N(C)C)NC1CN(C(C)C)CC1C.I. The van der Waals surface area contributed by atoms with Gasteiger partial charge >= 0.3 is 0 Å². The molecule has 2 atom stereocenters. The summed E-state index contributed by atoms with van der Waals surface area (Å²) in [5.41, 5.74) is 1.03. The average molecular weight is 451 g/mol. The van der Waals surface area contributed by atoms with E-state index in [-0.39, 0.29) is 36.4 Å². The Hall–Kier alpha value is -0.830. The van der Waals surface area contributed by atoms with Gasteiger partial charge in [-0.25, -0.2) is 4.99 Å². The van der Waals surface area contributed by atoms with Crippen LogP contribution >= 0.6 is 24.0 Å². The first-order valence-electron chi connectivity index (χ1n) is 8.34. The minimum atomic E-state index is -0.00953. The number of amides is 1. The fraction of sp³-hybridized carbons (Fsp3) is 0.765. The van der Waals surface area contributed by atoms with Crippen molar-refractivity contribution in [3.63, 3.8) is 0 Å². The van der Waals surface area contributed by atoms with Crippen LogP contribution in [0.25, 0.3) is 0 Å². The number of rotatable bonds is 6. The van der Waals surface area contributed by atoms with Crippen molar-refractivity contribution in [3.8, 4) is 0 Å². The molecule has 7 heteroatoms. The van der Waals surface area contributed by atoms with E-state index in [0.29, 0.717) is 30.5 Å². The Labute approximate surface area is 164 Å². The molecule has 140 valence electrons. The van der Waals surface area contributed by atoms with Crippen LogP contribution in [0.15, 0.2) is 17.1 Å². The van der Waals surface area contributed by atoms with Crippen molar-refractivity contribution in [1.29, 1.82) is 0 Å². The van der Waals surface area contributed by atoms with Gasteiger partial charge in [-0.2, -0.15) is 0 Å². The molecule has 0 aliphatic carbocycles. The molecule has 0 spiro atoms. The minimum Gasteiger partial charge on any atom is -0.353 e. The molecule has 2 unspecified atom stereocenters. The van der Waals surface area contributed by atoms with Gasteiger partial charge in [-0.05, 0) is 26.7 Å². The molecule has 0 aromatic heterocycles. The smallest absolute Gasteiger partial charge is 0.243 e. The molecule has 1 fully saturated rings. The Kier molecular flexibility index (Phi) is 10.5. The van der Waals surface area contributed by atoms with E-state index in [9.17, 15) is 4.79 Å². The molecule has 0 radical (unpaired) electrons. The summed E-state index contributed by atoms with van der Waals surface area (Å²) in [6, 6.07) is 0.881. The lowest BCUT2D eigenvalue weighted by molar-refractivity contribution is -0.127. The van der Waals surface area contributed by atoms with Crippen LogP contribution in [0.5, 0.6) is 0 Å². The largest absolute Gasteiger partial charge is 0.353 e. The van der Waals surface area contributed by atoms with E-state index in [0.717, 1.165) is 18.7 Å². The second-order valence-electron chi connectivity index (χ2n) is 7.04. The number of hydrogen-bond acceptors (Lipinski definition) is 3. The van der Waals surface area contributed by atoms with E-state index in [2.05, 4.69) is 47.9 Å². The summed E-state index contributed by atoms with van der Waals surface area (Å²) in [4.78, 5) is 20.2. The lowest BCUT2D eigenvalue weighted by Crippen LogP contribution is -2.47. The lowest BCUT2D eigenvalue weighted by atomic mass is 10.1. The van der Waals surface area contributed by atoms with Crippen molar-refractivity contribution in [2.75, 3.05) is 40.3 Å². The molecule has 6 nitrogen and oxygen atoms in total. The number of carbonyl (C=O) groups is 1. The van der Waals surface area contributed by atoms with E-state index in [1.54, 1.807) is 19.0 Å². The second kappa shape index (κ2) is 10.9. The highest BCUT2D eigenvalue weighted by Gasteiger charge is 2.31.